The average molecular weight is 314 g/mol. The number of H-pyrrole nitrogens is 1. The van der Waals surface area contributed by atoms with Gasteiger partial charge in [0.2, 0.25) is 5.89 Å². The zero-order valence-electron chi connectivity index (χ0n) is 12.6. The summed E-state index contributed by atoms with van der Waals surface area (Å²) in [5.74, 6) is 0.139. The van der Waals surface area contributed by atoms with Gasteiger partial charge in [-0.1, -0.05) is 0 Å². The monoisotopic (exact) mass is 314 g/mol. The number of nitrogens with one attached hydrogen (secondary N) is 1. The van der Waals surface area contributed by atoms with E-state index in [0.29, 0.717) is 17.1 Å². The molecule has 8 nitrogen and oxygen atoms in total. The van der Waals surface area contributed by atoms with Crippen molar-refractivity contribution in [1.29, 1.82) is 0 Å². The highest BCUT2D eigenvalue weighted by Gasteiger charge is 2.11. The van der Waals surface area contributed by atoms with Crippen molar-refractivity contribution in [1.82, 2.24) is 19.7 Å². The zero-order valence-corrected chi connectivity index (χ0v) is 12.6. The van der Waals surface area contributed by atoms with Gasteiger partial charge in [-0.15, -0.1) is 10.2 Å². The molecule has 8 heteroatoms. The van der Waals surface area contributed by atoms with E-state index >= 15 is 0 Å². The van der Waals surface area contributed by atoms with Crippen LogP contribution >= 0.6 is 0 Å². The van der Waals surface area contributed by atoms with Gasteiger partial charge in [0.15, 0.2) is 6.61 Å². The Hall–Kier alpha value is -3.16. The Morgan fingerprint density at radius 1 is 1.26 bits per heavy atom. The van der Waals surface area contributed by atoms with Crippen molar-refractivity contribution in [2.24, 2.45) is 0 Å². The Bertz CT molecular complexity index is 889. The van der Waals surface area contributed by atoms with E-state index in [-0.39, 0.29) is 18.2 Å². The highest BCUT2D eigenvalue weighted by atomic mass is 16.5. The van der Waals surface area contributed by atoms with Crippen molar-refractivity contribution in [3.05, 3.63) is 64.0 Å². The van der Waals surface area contributed by atoms with Crippen LogP contribution in [0.4, 0.5) is 0 Å². The first-order valence-electron chi connectivity index (χ1n) is 6.88. The van der Waals surface area contributed by atoms with Crippen molar-refractivity contribution in [2.75, 3.05) is 0 Å². The lowest BCUT2D eigenvalue weighted by Crippen LogP contribution is -2.16. The molecule has 0 aliphatic heterocycles. The lowest BCUT2D eigenvalue weighted by molar-refractivity contribution is 0.0437. The van der Waals surface area contributed by atoms with Crippen LogP contribution in [-0.2, 0) is 11.3 Å². The number of imidazole rings is 1. The van der Waals surface area contributed by atoms with Crippen LogP contribution in [0.1, 0.15) is 27.8 Å². The second-order valence-electron chi connectivity index (χ2n) is 4.91. The number of aromatic amines is 1. The number of carbonyl (C=O) groups is 1. The van der Waals surface area contributed by atoms with Crippen LogP contribution in [0.3, 0.4) is 0 Å². The van der Waals surface area contributed by atoms with Gasteiger partial charge in [0, 0.05) is 18.8 Å². The number of rotatable bonds is 4. The third-order valence-electron chi connectivity index (χ3n) is 3.22. The molecule has 23 heavy (non-hydrogen) atoms. The standard InChI is InChI=1S/C15H14N4O4/c1-9-7-16-15(21)19(9)12-5-3-11(4-6-12)14(20)22-8-13-18-17-10(2)23-13/h3-7H,8H2,1-2H3,(H,16,21). The topological polar surface area (TPSA) is 103 Å². The molecule has 0 amide bonds. The summed E-state index contributed by atoms with van der Waals surface area (Å²) in [6.07, 6.45) is 1.62. The maximum atomic E-state index is 12.0. The highest BCUT2D eigenvalue weighted by molar-refractivity contribution is 5.89. The maximum absolute atomic E-state index is 12.0. The molecule has 0 radical (unpaired) electrons. The van der Waals surface area contributed by atoms with E-state index < -0.39 is 5.97 Å². The minimum Gasteiger partial charge on any atom is -0.452 e. The lowest BCUT2D eigenvalue weighted by Gasteiger charge is -2.06. The number of hydrogen-bond acceptors (Lipinski definition) is 6. The van der Waals surface area contributed by atoms with Crippen LogP contribution in [-0.4, -0.2) is 25.7 Å². The van der Waals surface area contributed by atoms with E-state index in [4.69, 9.17) is 9.15 Å². The van der Waals surface area contributed by atoms with E-state index in [9.17, 15) is 9.59 Å². The first kappa shape index (κ1) is 14.8. The summed E-state index contributed by atoms with van der Waals surface area (Å²) in [6, 6.07) is 6.54. The van der Waals surface area contributed by atoms with Gasteiger partial charge in [-0.3, -0.25) is 4.57 Å². The van der Waals surface area contributed by atoms with E-state index in [0.717, 1.165) is 5.69 Å². The molecular weight excluding hydrogens is 300 g/mol. The zero-order chi connectivity index (χ0) is 16.4. The fourth-order valence-corrected chi connectivity index (χ4v) is 2.13. The minimum atomic E-state index is -0.509. The number of aryl methyl sites for hydroxylation is 2. The molecule has 0 saturated carbocycles. The minimum absolute atomic E-state index is 0.0855. The van der Waals surface area contributed by atoms with E-state index in [1.807, 2.05) is 6.92 Å². The molecule has 0 atom stereocenters. The first-order chi connectivity index (χ1) is 11.0. The van der Waals surface area contributed by atoms with Gasteiger partial charge in [-0.05, 0) is 31.2 Å². The molecule has 3 rings (SSSR count). The van der Waals surface area contributed by atoms with Gasteiger partial charge in [0.05, 0.1) is 11.3 Å². The molecule has 0 bridgehead atoms. The predicted octanol–water partition coefficient (Wildman–Crippen LogP) is 1.52. The fourth-order valence-electron chi connectivity index (χ4n) is 2.13. The van der Waals surface area contributed by atoms with E-state index in [1.54, 1.807) is 37.4 Å². The number of nitrogens with zero attached hydrogens (tertiary/aromatic N) is 3. The number of carbonyl (C=O) groups excluding carboxylic acids is 1. The molecule has 2 heterocycles. The van der Waals surface area contributed by atoms with Crippen molar-refractivity contribution in [2.45, 2.75) is 20.5 Å². The van der Waals surface area contributed by atoms with Gasteiger partial charge in [0.25, 0.3) is 5.89 Å². The van der Waals surface area contributed by atoms with Crippen LogP contribution in [0.2, 0.25) is 0 Å². The molecule has 3 aromatic rings. The van der Waals surface area contributed by atoms with Gasteiger partial charge in [-0.2, -0.15) is 0 Å². The number of aromatic nitrogens is 4. The van der Waals surface area contributed by atoms with E-state index in [1.165, 1.54) is 4.57 Å². The molecule has 118 valence electrons. The Morgan fingerprint density at radius 3 is 2.57 bits per heavy atom. The molecule has 0 saturated heterocycles. The van der Waals surface area contributed by atoms with Crippen LogP contribution in [0, 0.1) is 13.8 Å². The third-order valence-corrected chi connectivity index (χ3v) is 3.22. The third kappa shape index (κ3) is 3.05. The summed E-state index contributed by atoms with van der Waals surface area (Å²) in [6.45, 7) is 3.38. The van der Waals surface area contributed by atoms with Crippen molar-refractivity contribution < 1.29 is 13.9 Å². The Kier molecular flexibility index (Phi) is 3.80. The molecule has 0 aliphatic carbocycles. The summed E-state index contributed by atoms with van der Waals surface area (Å²) >= 11 is 0. The summed E-state index contributed by atoms with van der Waals surface area (Å²) < 4.78 is 11.7. The summed E-state index contributed by atoms with van der Waals surface area (Å²) in [4.78, 5) is 26.3. The quantitative estimate of drug-likeness (QED) is 0.732. The fraction of sp³-hybridized carbons (Fsp3) is 0.200. The second-order valence-corrected chi connectivity index (χ2v) is 4.91. The first-order valence-corrected chi connectivity index (χ1v) is 6.88. The predicted molar refractivity (Wildman–Crippen MR) is 79.3 cm³/mol. The van der Waals surface area contributed by atoms with Crippen molar-refractivity contribution in [3.63, 3.8) is 0 Å². The second kappa shape index (κ2) is 5.91. The van der Waals surface area contributed by atoms with E-state index in [2.05, 4.69) is 15.2 Å². The Balaban J connectivity index is 1.72. The SMILES string of the molecule is Cc1nnc(COC(=O)c2ccc(-n3c(C)c[nH]c3=O)cc2)o1. The van der Waals surface area contributed by atoms with Crippen LogP contribution in [0.5, 0.6) is 0 Å². The molecule has 0 fully saturated rings. The van der Waals surface area contributed by atoms with Gasteiger partial charge in [-0.25, -0.2) is 9.59 Å². The molecule has 0 aliphatic rings. The summed E-state index contributed by atoms with van der Waals surface area (Å²) in [5.41, 5.74) is 1.57. The molecule has 0 unspecified atom stereocenters. The molecular formula is C15H14N4O4. The molecule has 1 aromatic carbocycles. The van der Waals surface area contributed by atoms with Crippen LogP contribution in [0.25, 0.3) is 5.69 Å². The van der Waals surface area contributed by atoms with Crippen LogP contribution < -0.4 is 5.69 Å². The van der Waals surface area contributed by atoms with Crippen LogP contribution in [0.15, 0.2) is 39.7 Å². The normalized spacial score (nSPS) is 10.7. The summed E-state index contributed by atoms with van der Waals surface area (Å²) in [7, 11) is 0. The number of hydrogen-bond donors (Lipinski definition) is 1. The molecule has 0 spiro atoms. The van der Waals surface area contributed by atoms with Gasteiger partial charge in [0.1, 0.15) is 0 Å². The smallest absolute Gasteiger partial charge is 0.338 e. The summed E-state index contributed by atoms with van der Waals surface area (Å²) in [5, 5.41) is 7.39. The maximum Gasteiger partial charge on any atom is 0.338 e. The number of ether oxygens (including phenoxy) is 1. The molecule has 2 aromatic heterocycles. The highest BCUT2D eigenvalue weighted by Crippen LogP contribution is 2.11. The van der Waals surface area contributed by atoms with Crippen molar-refractivity contribution in [3.8, 4) is 5.69 Å². The Labute approximate surface area is 130 Å². The van der Waals surface area contributed by atoms with Gasteiger partial charge < -0.3 is 14.1 Å². The van der Waals surface area contributed by atoms with Crippen molar-refractivity contribution >= 4 is 5.97 Å². The molecule has 1 N–H and O–H groups in total. The lowest BCUT2D eigenvalue weighted by atomic mass is 10.2. The van der Waals surface area contributed by atoms with Gasteiger partial charge >= 0.3 is 11.7 Å². The Morgan fingerprint density at radius 2 is 2.00 bits per heavy atom. The number of benzene rings is 1. The average Bonchev–Trinajstić information content (AvgIpc) is 3.11. The largest absolute Gasteiger partial charge is 0.452 e. The number of esters is 1.